The molecular formula is C17H21F3N2O3. The third-order valence-corrected chi connectivity index (χ3v) is 4.32. The largest absolute Gasteiger partial charge is 0.481 e. The van der Waals surface area contributed by atoms with Crippen LogP contribution in [0.2, 0.25) is 0 Å². The van der Waals surface area contributed by atoms with Gasteiger partial charge in [-0.05, 0) is 30.5 Å². The lowest BCUT2D eigenvalue weighted by Gasteiger charge is -2.24. The minimum Gasteiger partial charge on any atom is -0.481 e. The number of nitrogens with one attached hydrogen (secondary N) is 1. The molecule has 8 heteroatoms. The third kappa shape index (κ3) is 4.87. The van der Waals surface area contributed by atoms with Gasteiger partial charge in [0, 0.05) is 13.1 Å². The van der Waals surface area contributed by atoms with E-state index in [-0.39, 0.29) is 6.54 Å². The van der Waals surface area contributed by atoms with Crippen molar-refractivity contribution in [1.82, 2.24) is 10.2 Å². The number of alkyl halides is 3. The van der Waals surface area contributed by atoms with Crippen LogP contribution in [0.15, 0.2) is 24.3 Å². The van der Waals surface area contributed by atoms with Gasteiger partial charge in [-0.2, -0.15) is 13.2 Å². The Kier molecular flexibility index (Phi) is 5.92. The SMILES string of the molecule is CCCC(NC(=O)N1CCC(C(=O)O)C1)c1cccc(C(F)(F)F)c1. The Morgan fingerprint density at radius 3 is 2.68 bits per heavy atom. The second-order valence-electron chi connectivity index (χ2n) is 6.18. The van der Waals surface area contributed by atoms with E-state index in [1.165, 1.54) is 11.0 Å². The van der Waals surface area contributed by atoms with Crippen molar-refractivity contribution in [3.05, 3.63) is 35.4 Å². The Balaban J connectivity index is 2.11. The molecule has 138 valence electrons. The number of carboxylic acids is 1. The fourth-order valence-electron chi connectivity index (χ4n) is 2.93. The number of carbonyl (C=O) groups excluding carboxylic acids is 1. The molecule has 1 heterocycles. The lowest BCUT2D eigenvalue weighted by atomic mass is 10.00. The number of rotatable bonds is 5. The fraction of sp³-hybridized carbons (Fsp3) is 0.529. The summed E-state index contributed by atoms with van der Waals surface area (Å²) in [6.45, 7) is 2.32. The third-order valence-electron chi connectivity index (χ3n) is 4.32. The van der Waals surface area contributed by atoms with Gasteiger partial charge >= 0.3 is 18.2 Å². The summed E-state index contributed by atoms with van der Waals surface area (Å²) in [4.78, 5) is 24.7. The van der Waals surface area contributed by atoms with Crippen LogP contribution in [0.25, 0.3) is 0 Å². The molecule has 2 N–H and O–H groups in total. The monoisotopic (exact) mass is 358 g/mol. The highest BCUT2D eigenvalue weighted by molar-refractivity contribution is 5.77. The first-order valence-electron chi connectivity index (χ1n) is 8.17. The van der Waals surface area contributed by atoms with Crippen molar-refractivity contribution in [1.29, 1.82) is 0 Å². The number of hydrogen-bond donors (Lipinski definition) is 2. The summed E-state index contributed by atoms with van der Waals surface area (Å²) < 4.78 is 38.7. The lowest BCUT2D eigenvalue weighted by Crippen LogP contribution is -2.40. The Hall–Kier alpha value is -2.25. The maximum atomic E-state index is 12.9. The van der Waals surface area contributed by atoms with E-state index in [0.717, 1.165) is 12.1 Å². The molecular weight excluding hydrogens is 337 g/mol. The first kappa shape index (κ1) is 19.1. The van der Waals surface area contributed by atoms with Crippen molar-refractivity contribution in [2.75, 3.05) is 13.1 Å². The number of aliphatic carboxylic acids is 1. The smallest absolute Gasteiger partial charge is 0.416 e. The van der Waals surface area contributed by atoms with Crippen LogP contribution < -0.4 is 5.32 Å². The van der Waals surface area contributed by atoms with E-state index in [2.05, 4.69) is 5.32 Å². The summed E-state index contributed by atoms with van der Waals surface area (Å²) in [5.41, 5.74) is -0.369. The standard InChI is InChI=1S/C17H21F3N2O3/c1-2-4-14(11-5-3-6-13(9-11)17(18,19)20)21-16(25)22-8-7-12(10-22)15(23)24/h3,5-6,9,12,14H,2,4,7-8,10H2,1H3,(H,21,25)(H,23,24). The van der Waals surface area contributed by atoms with Crippen LogP contribution >= 0.6 is 0 Å². The summed E-state index contributed by atoms with van der Waals surface area (Å²) in [5.74, 6) is -1.54. The van der Waals surface area contributed by atoms with Crippen LogP contribution in [-0.2, 0) is 11.0 Å². The second kappa shape index (κ2) is 7.76. The number of benzene rings is 1. The summed E-state index contributed by atoms with van der Waals surface area (Å²) in [5, 5.41) is 11.7. The molecule has 2 amide bonds. The average molecular weight is 358 g/mol. The van der Waals surface area contributed by atoms with E-state index in [9.17, 15) is 22.8 Å². The van der Waals surface area contributed by atoms with Crippen molar-refractivity contribution in [3.8, 4) is 0 Å². The number of halogens is 3. The van der Waals surface area contributed by atoms with Crippen molar-refractivity contribution >= 4 is 12.0 Å². The van der Waals surface area contributed by atoms with Crippen LogP contribution in [0.5, 0.6) is 0 Å². The summed E-state index contributed by atoms with van der Waals surface area (Å²) >= 11 is 0. The van der Waals surface area contributed by atoms with Gasteiger partial charge in [0.15, 0.2) is 0 Å². The number of amides is 2. The number of urea groups is 1. The molecule has 5 nitrogen and oxygen atoms in total. The van der Waals surface area contributed by atoms with Gasteiger partial charge in [-0.1, -0.05) is 25.5 Å². The van der Waals surface area contributed by atoms with Gasteiger partial charge in [0.1, 0.15) is 0 Å². The zero-order valence-electron chi connectivity index (χ0n) is 13.8. The molecule has 1 fully saturated rings. The van der Waals surface area contributed by atoms with Crippen LogP contribution in [0, 0.1) is 5.92 Å². The normalized spacial score (nSPS) is 18.9. The van der Waals surface area contributed by atoms with Crippen LogP contribution in [0.1, 0.15) is 43.4 Å². The van der Waals surface area contributed by atoms with E-state index in [0.29, 0.717) is 31.4 Å². The van der Waals surface area contributed by atoms with Crippen molar-refractivity contribution in [2.45, 2.75) is 38.4 Å². The molecule has 2 rings (SSSR count). The molecule has 0 aliphatic carbocycles. The average Bonchev–Trinajstić information content (AvgIpc) is 3.04. The number of nitrogens with zero attached hydrogens (tertiary/aromatic N) is 1. The van der Waals surface area contributed by atoms with E-state index in [1.54, 1.807) is 6.07 Å². The number of carboxylic acid groups (broad SMARTS) is 1. The molecule has 0 saturated carbocycles. The first-order chi connectivity index (χ1) is 11.7. The molecule has 1 aromatic rings. The van der Waals surface area contributed by atoms with Gasteiger partial charge in [-0.25, -0.2) is 4.79 Å². The second-order valence-corrected chi connectivity index (χ2v) is 6.18. The predicted molar refractivity (Wildman–Crippen MR) is 84.9 cm³/mol. The maximum absolute atomic E-state index is 12.9. The predicted octanol–water partition coefficient (Wildman–Crippen LogP) is 3.66. The van der Waals surface area contributed by atoms with E-state index >= 15 is 0 Å². The molecule has 25 heavy (non-hydrogen) atoms. The van der Waals surface area contributed by atoms with Gasteiger partial charge in [-0.15, -0.1) is 0 Å². The van der Waals surface area contributed by atoms with Gasteiger partial charge in [0.25, 0.3) is 0 Å². The minimum atomic E-state index is -4.44. The van der Waals surface area contributed by atoms with Gasteiger partial charge < -0.3 is 15.3 Å². The summed E-state index contributed by atoms with van der Waals surface area (Å²) in [6.07, 6.45) is -2.90. The lowest BCUT2D eigenvalue weighted by molar-refractivity contribution is -0.141. The van der Waals surface area contributed by atoms with Gasteiger partial charge in [0.05, 0.1) is 17.5 Å². The molecule has 1 saturated heterocycles. The van der Waals surface area contributed by atoms with Crippen LogP contribution in [-0.4, -0.2) is 35.1 Å². The zero-order valence-corrected chi connectivity index (χ0v) is 13.8. The summed E-state index contributed by atoms with van der Waals surface area (Å²) in [7, 11) is 0. The highest BCUT2D eigenvalue weighted by Crippen LogP contribution is 2.31. The van der Waals surface area contributed by atoms with Crippen molar-refractivity contribution in [2.24, 2.45) is 5.92 Å². The van der Waals surface area contributed by atoms with Crippen LogP contribution in [0.4, 0.5) is 18.0 Å². The number of hydrogen-bond acceptors (Lipinski definition) is 2. The Morgan fingerprint density at radius 2 is 2.12 bits per heavy atom. The molecule has 0 radical (unpaired) electrons. The molecule has 2 atom stereocenters. The Morgan fingerprint density at radius 1 is 1.40 bits per heavy atom. The summed E-state index contributed by atoms with van der Waals surface area (Å²) in [6, 6.07) is 3.92. The highest BCUT2D eigenvalue weighted by atomic mass is 19.4. The fourth-order valence-corrected chi connectivity index (χ4v) is 2.93. The minimum absolute atomic E-state index is 0.114. The molecule has 1 aliphatic heterocycles. The molecule has 0 bridgehead atoms. The van der Waals surface area contributed by atoms with Gasteiger partial charge in [0.2, 0.25) is 0 Å². The number of carbonyl (C=O) groups is 2. The van der Waals surface area contributed by atoms with Gasteiger partial charge in [-0.3, -0.25) is 4.79 Å². The zero-order chi connectivity index (χ0) is 18.6. The Labute approximate surface area is 143 Å². The van der Waals surface area contributed by atoms with Crippen molar-refractivity contribution in [3.63, 3.8) is 0 Å². The van der Waals surface area contributed by atoms with Crippen molar-refractivity contribution < 1.29 is 27.9 Å². The topological polar surface area (TPSA) is 69.6 Å². The maximum Gasteiger partial charge on any atom is 0.416 e. The quantitative estimate of drug-likeness (QED) is 0.844. The molecule has 2 unspecified atom stereocenters. The van der Waals surface area contributed by atoms with Crippen LogP contribution in [0.3, 0.4) is 0 Å². The molecule has 0 spiro atoms. The Bertz CT molecular complexity index is 634. The molecule has 1 aromatic carbocycles. The highest BCUT2D eigenvalue weighted by Gasteiger charge is 2.33. The van der Waals surface area contributed by atoms with E-state index in [1.807, 2.05) is 6.92 Å². The van der Waals surface area contributed by atoms with E-state index in [4.69, 9.17) is 5.11 Å². The first-order valence-corrected chi connectivity index (χ1v) is 8.17. The number of likely N-dealkylation sites (tertiary alicyclic amines) is 1. The molecule has 1 aliphatic rings. The molecule has 0 aromatic heterocycles. The van der Waals surface area contributed by atoms with E-state index < -0.39 is 35.7 Å².